The van der Waals surface area contributed by atoms with Gasteiger partial charge in [-0.25, -0.2) is 0 Å². The molecule has 0 aromatic heterocycles. The Morgan fingerprint density at radius 3 is 2.93 bits per heavy atom. The molecule has 2 fully saturated rings. The Bertz CT molecular complexity index is 874. The van der Waals surface area contributed by atoms with E-state index in [0.717, 1.165) is 5.56 Å². The van der Waals surface area contributed by atoms with Crippen molar-refractivity contribution in [3.8, 4) is 17.2 Å². The van der Waals surface area contributed by atoms with E-state index >= 15 is 0 Å². The van der Waals surface area contributed by atoms with Crippen LogP contribution >= 0.6 is 0 Å². The lowest BCUT2D eigenvalue weighted by molar-refractivity contribution is -0.126. The van der Waals surface area contributed by atoms with Crippen LogP contribution < -0.4 is 14.2 Å². The number of hydrogen-bond acceptors (Lipinski definition) is 6. The molecule has 2 heterocycles. The van der Waals surface area contributed by atoms with Crippen molar-refractivity contribution in [3.63, 3.8) is 0 Å². The summed E-state index contributed by atoms with van der Waals surface area (Å²) >= 11 is 0. The topological polar surface area (TPSA) is 63.2 Å². The van der Waals surface area contributed by atoms with E-state index in [4.69, 9.17) is 23.7 Å². The standard InChI is InChI=1S/C21H22O6/c1-4-5-20-9-21(17(8-16(20)22)25-11-27-21)12(2)18(20)13-6-14(23-3)19-15(7-13)24-10-26-19/h4,6-8,12,18H,1,5,9-11H2,2-3H3/t12-,18+,20+,21-/m1/s1. The van der Waals surface area contributed by atoms with Crippen molar-refractivity contribution in [2.45, 2.75) is 31.3 Å². The molecule has 2 aliphatic heterocycles. The number of allylic oxidation sites excluding steroid dienone is 2. The first-order chi connectivity index (χ1) is 13.1. The van der Waals surface area contributed by atoms with Crippen molar-refractivity contribution >= 4 is 5.78 Å². The summed E-state index contributed by atoms with van der Waals surface area (Å²) in [6.45, 7) is 6.40. The maximum Gasteiger partial charge on any atom is 0.231 e. The molecule has 1 saturated heterocycles. The molecule has 27 heavy (non-hydrogen) atoms. The Labute approximate surface area is 157 Å². The van der Waals surface area contributed by atoms with Crippen molar-refractivity contribution in [1.29, 1.82) is 0 Å². The zero-order chi connectivity index (χ0) is 18.8. The highest BCUT2D eigenvalue weighted by Gasteiger charge is 2.68. The monoisotopic (exact) mass is 370 g/mol. The number of ether oxygens (including phenoxy) is 5. The highest BCUT2D eigenvalue weighted by atomic mass is 16.7. The van der Waals surface area contributed by atoms with Gasteiger partial charge in [0.1, 0.15) is 11.4 Å². The van der Waals surface area contributed by atoms with Gasteiger partial charge in [-0.3, -0.25) is 4.79 Å². The van der Waals surface area contributed by atoms with E-state index in [1.165, 1.54) is 0 Å². The SMILES string of the molecule is C=CC[C@]12C[C@@]3(OCOC3=CC1=O)[C@H](C)[C@H]2c1cc(OC)c2c(c1)OCO2. The fraction of sp³-hybridized carbons (Fsp3) is 0.476. The number of fused-ring (bicyclic) bond motifs is 2. The van der Waals surface area contributed by atoms with Gasteiger partial charge in [0.15, 0.2) is 24.1 Å². The number of rotatable bonds is 4. The summed E-state index contributed by atoms with van der Waals surface area (Å²) in [7, 11) is 1.61. The molecule has 1 aromatic rings. The minimum Gasteiger partial charge on any atom is -0.493 e. The van der Waals surface area contributed by atoms with Crippen molar-refractivity contribution in [1.82, 2.24) is 0 Å². The van der Waals surface area contributed by atoms with Crippen LogP contribution in [0.25, 0.3) is 0 Å². The first-order valence-corrected chi connectivity index (χ1v) is 9.17. The van der Waals surface area contributed by atoms with E-state index in [9.17, 15) is 4.79 Å². The van der Waals surface area contributed by atoms with Gasteiger partial charge in [-0.2, -0.15) is 0 Å². The molecule has 4 aliphatic rings. The number of hydrogen-bond donors (Lipinski definition) is 0. The first kappa shape index (κ1) is 16.7. The van der Waals surface area contributed by atoms with Crippen molar-refractivity contribution < 1.29 is 28.5 Å². The van der Waals surface area contributed by atoms with Gasteiger partial charge in [-0.1, -0.05) is 13.0 Å². The highest BCUT2D eigenvalue weighted by molar-refractivity contribution is 5.99. The van der Waals surface area contributed by atoms with Crippen LogP contribution in [0.2, 0.25) is 0 Å². The molecule has 0 amide bonds. The lowest BCUT2D eigenvalue weighted by Gasteiger charge is -2.35. The second-order valence-corrected chi connectivity index (χ2v) is 7.72. The number of carbonyl (C=O) groups excluding carboxylic acids is 1. The van der Waals surface area contributed by atoms with Gasteiger partial charge in [-0.05, 0) is 30.5 Å². The van der Waals surface area contributed by atoms with Crippen LogP contribution in [0.3, 0.4) is 0 Å². The molecular weight excluding hydrogens is 348 g/mol. The number of methoxy groups -OCH3 is 1. The third-order valence-electron chi connectivity index (χ3n) is 6.66. The Hall–Kier alpha value is -2.47. The van der Waals surface area contributed by atoms with Crippen LogP contribution in [0.1, 0.15) is 31.2 Å². The van der Waals surface area contributed by atoms with Gasteiger partial charge in [0, 0.05) is 23.3 Å². The molecule has 6 nitrogen and oxygen atoms in total. The molecular formula is C21H22O6. The van der Waals surface area contributed by atoms with Crippen LogP contribution in [0.15, 0.2) is 36.6 Å². The maximum atomic E-state index is 13.3. The van der Waals surface area contributed by atoms with E-state index in [2.05, 4.69) is 13.5 Å². The zero-order valence-electron chi connectivity index (χ0n) is 15.4. The summed E-state index contributed by atoms with van der Waals surface area (Å²) in [6.07, 6.45) is 4.64. The zero-order valence-corrected chi connectivity index (χ0v) is 15.4. The second kappa shape index (κ2) is 5.52. The van der Waals surface area contributed by atoms with Crippen molar-refractivity contribution in [2.75, 3.05) is 20.7 Å². The fourth-order valence-corrected chi connectivity index (χ4v) is 5.53. The largest absolute Gasteiger partial charge is 0.493 e. The van der Waals surface area contributed by atoms with Gasteiger partial charge in [-0.15, -0.1) is 6.58 Å². The molecule has 1 aromatic carbocycles. The van der Waals surface area contributed by atoms with E-state index in [1.807, 2.05) is 18.2 Å². The Kier molecular flexibility index (Phi) is 3.41. The molecule has 2 aliphatic carbocycles. The number of carbonyl (C=O) groups is 1. The van der Waals surface area contributed by atoms with Gasteiger partial charge < -0.3 is 23.7 Å². The third kappa shape index (κ3) is 1.96. The summed E-state index contributed by atoms with van der Waals surface area (Å²) in [5.41, 5.74) is -0.191. The minimum atomic E-state index is -0.614. The molecule has 6 heteroatoms. The molecule has 4 atom stereocenters. The molecule has 0 radical (unpaired) electrons. The summed E-state index contributed by atoms with van der Waals surface area (Å²) in [5, 5.41) is 0. The smallest absolute Gasteiger partial charge is 0.231 e. The second-order valence-electron chi connectivity index (χ2n) is 7.72. The summed E-state index contributed by atoms with van der Waals surface area (Å²) in [4.78, 5) is 13.3. The van der Waals surface area contributed by atoms with Crippen LogP contribution in [0, 0.1) is 11.3 Å². The van der Waals surface area contributed by atoms with Crippen LogP contribution in [-0.4, -0.2) is 32.1 Å². The predicted octanol–water partition coefficient (Wildman–Crippen LogP) is 3.32. The lowest BCUT2D eigenvalue weighted by Crippen LogP contribution is -2.39. The lowest BCUT2D eigenvalue weighted by atomic mass is 9.67. The molecule has 2 bridgehead atoms. The molecule has 5 rings (SSSR count). The van der Waals surface area contributed by atoms with E-state index in [-0.39, 0.29) is 31.2 Å². The number of ketones is 1. The van der Waals surface area contributed by atoms with Crippen LogP contribution in [-0.2, 0) is 14.3 Å². The van der Waals surface area contributed by atoms with Crippen LogP contribution in [0.4, 0.5) is 0 Å². The summed E-state index contributed by atoms with van der Waals surface area (Å²) < 4.78 is 28.4. The number of benzene rings is 1. The predicted molar refractivity (Wildman–Crippen MR) is 95.7 cm³/mol. The minimum absolute atomic E-state index is 0.0442. The Balaban J connectivity index is 1.70. The molecule has 142 valence electrons. The van der Waals surface area contributed by atoms with Gasteiger partial charge in [0.05, 0.1) is 7.11 Å². The summed E-state index contributed by atoms with van der Waals surface area (Å²) in [6, 6.07) is 3.93. The van der Waals surface area contributed by atoms with Gasteiger partial charge >= 0.3 is 0 Å². The molecule has 1 spiro atoms. The maximum absolute atomic E-state index is 13.3. The fourth-order valence-electron chi connectivity index (χ4n) is 5.53. The summed E-state index contributed by atoms with van der Waals surface area (Å²) in [5.74, 6) is 2.57. The van der Waals surface area contributed by atoms with Crippen molar-refractivity contribution in [2.24, 2.45) is 11.3 Å². The highest BCUT2D eigenvalue weighted by Crippen LogP contribution is 2.67. The Morgan fingerprint density at radius 1 is 1.30 bits per heavy atom. The Morgan fingerprint density at radius 2 is 2.15 bits per heavy atom. The molecule has 0 N–H and O–H groups in total. The first-order valence-electron chi connectivity index (χ1n) is 9.17. The quantitative estimate of drug-likeness (QED) is 0.758. The van der Waals surface area contributed by atoms with Crippen LogP contribution in [0.5, 0.6) is 17.2 Å². The normalized spacial score (nSPS) is 35.5. The third-order valence-corrected chi connectivity index (χ3v) is 6.66. The average Bonchev–Trinajstić information content (AvgIpc) is 3.33. The van der Waals surface area contributed by atoms with Gasteiger partial charge in [0.25, 0.3) is 0 Å². The van der Waals surface area contributed by atoms with E-state index < -0.39 is 11.0 Å². The molecule has 1 saturated carbocycles. The molecule has 0 unspecified atom stereocenters. The van der Waals surface area contributed by atoms with Gasteiger partial charge in [0.2, 0.25) is 12.5 Å². The average molecular weight is 370 g/mol. The van der Waals surface area contributed by atoms with E-state index in [0.29, 0.717) is 35.8 Å². The van der Waals surface area contributed by atoms with E-state index in [1.54, 1.807) is 13.2 Å². The van der Waals surface area contributed by atoms with Crippen molar-refractivity contribution in [3.05, 3.63) is 42.2 Å².